The van der Waals surface area contributed by atoms with Crippen LogP contribution in [-0.2, 0) is 16.4 Å². The average Bonchev–Trinajstić information content (AvgIpc) is 2.73. The van der Waals surface area contributed by atoms with E-state index in [0.29, 0.717) is 16.5 Å². The molecular weight excluding hydrogens is 496 g/mol. The number of hydrogen-bond donors (Lipinski definition) is 1. The molecule has 0 bridgehead atoms. The normalized spacial score (nSPS) is 11.7. The Balaban J connectivity index is 1.75. The molecule has 12 heteroatoms. The molecule has 0 amide bonds. The minimum Gasteiger partial charge on any atom is -0.423 e. The molecular formula is C21H14Cl2FN3O5S. The van der Waals surface area contributed by atoms with Gasteiger partial charge in [-0.2, -0.15) is 4.98 Å². The molecule has 4 aromatic rings. The lowest BCUT2D eigenvalue weighted by atomic mass is 9.99. The van der Waals surface area contributed by atoms with Crippen LogP contribution >= 0.6 is 23.2 Å². The number of halogens is 3. The van der Waals surface area contributed by atoms with Gasteiger partial charge in [-0.1, -0.05) is 29.3 Å². The number of nitrogens with zero attached hydrogens (tertiary/aromatic N) is 2. The van der Waals surface area contributed by atoms with Crippen LogP contribution in [0.2, 0.25) is 10.2 Å². The third-order valence-electron chi connectivity index (χ3n) is 4.82. The summed E-state index contributed by atoms with van der Waals surface area (Å²) in [6.07, 6.45) is 1.39. The van der Waals surface area contributed by atoms with Crippen LogP contribution in [0.15, 0.2) is 56.7 Å². The molecule has 33 heavy (non-hydrogen) atoms. The minimum absolute atomic E-state index is 0.0148. The van der Waals surface area contributed by atoms with Gasteiger partial charge in [0.1, 0.15) is 21.4 Å². The summed E-state index contributed by atoms with van der Waals surface area (Å²) < 4.78 is 48.1. The predicted octanol–water partition coefficient (Wildman–Crippen LogP) is 4.37. The fraction of sp³-hybridized carbons (Fsp3) is 0.0952. The number of sulfonamides is 1. The smallest absolute Gasteiger partial charge is 0.340 e. The molecule has 0 aliphatic heterocycles. The summed E-state index contributed by atoms with van der Waals surface area (Å²) in [6, 6.07) is 7.85. The highest BCUT2D eigenvalue weighted by Crippen LogP contribution is 2.34. The van der Waals surface area contributed by atoms with Crippen molar-refractivity contribution in [1.29, 1.82) is 0 Å². The van der Waals surface area contributed by atoms with Gasteiger partial charge in [0.25, 0.3) is 0 Å². The van der Waals surface area contributed by atoms with Gasteiger partial charge < -0.3 is 9.15 Å². The van der Waals surface area contributed by atoms with Gasteiger partial charge in [0.15, 0.2) is 5.75 Å². The van der Waals surface area contributed by atoms with Gasteiger partial charge >= 0.3 is 11.6 Å². The quantitative estimate of drug-likeness (QED) is 0.312. The molecule has 2 N–H and O–H groups in total. The molecule has 0 saturated heterocycles. The molecule has 2 aromatic heterocycles. The molecule has 0 atom stereocenters. The second kappa shape index (κ2) is 8.71. The second-order valence-electron chi connectivity index (χ2n) is 7.02. The summed E-state index contributed by atoms with van der Waals surface area (Å²) in [7, 11) is -4.27. The van der Waals surface area contributed by atoms with E-state index in [0.717, 1.165) is 12.1 Å². The zero-order chi connectivity index (χ0) is 23.9. The Labute approximate surface area is 196 Å². The topological polar surface area (TPSA) is 125 Å². The van der Waals surface area contributed by atoms with Gasteiger partial charge in [0.05, 0.1) is 5.02 Å². The maximum atomic E-state index is 13.8. The zero-order valence-corrected chi connectivity index (χ0v) is 19.1. The summed E-state index contributed by atoms with van der Waals surface area (Å²) >= 11 is 12.2. The van der Waals surface area contributed by atoms with Gasteiger partial charge in [-0.25, -0.2) is 27.7 Å². The summed E-state index contributed by atoms with van der Waals surface area (Å²) in [5.41, 5.74) is 0.702. The molecule has 170 valence electrons. The van der Waals surface area contributed by atoms with E-state index in [9.17, 15) is 17.6 Å². The summed E-state index contributed by atoms with van der Waals surface area (Å²) in [4.78, 5) is 19.9. The Morgan fingerprint density at radius 2 is 1.94 bits per heavy atom. The Morgan fingerprint density at radius 3 is 2.64 bits per heavy atom. The summed E-state index contributed by atoms with van der Waals surface area (Å²) in [5, 5.41) is 5.97. The van der Waals surface area contributed by atoms with Crippen LogP contribution < -0.4 is 15.5 Å². The van der Waals surface area contributed by atoms with Crippen LogP contribution in [0.5, 0.6) is 11.8 Å². The zero-order valence-electron chi connectivity index (χ0n) is 16.8. The highest BCUT2D eigenvalue weighted by atomic mass is 35.5. The largest absolute Gasteiger partial charge is 0.423 e. The second-order valence-corrected chi connectivity index (χ2v) is 9.35. The highest BCUT2D eigenvalue weighted by Gasteiger charge is 2.19. The number of rotatable bonds is 5. The number of aromatic nitrogens is 2. The lowest BCUT2D eigenvalue weighted by molar-refractivity contribution is 0.441. The lowest BCUT2D eigenvalue weighted by Gasteiger charge is -2.11. The SMILES string of the molecule is Cc1c(Cc2ccc(F)c(S(N)(=O)=O)c2)c(=O)oc2cc(Oc3nccc(Cl)n3)c(Cl)cc12. The summed E-state index contributed by atoms with van der Waals surface area (Å²) in [6.45, 7) is 1.69. The van der Waals surface area contributed by atoms with Crippen molar-refractivity contribution in [3.63, 3.8) is 0 Å². The highest BCUT2D eigenvalue weighted by molar-refractivity contribution is 7.89. The molecule has 0 radical (unpaired) electrons. The average molecular weight is 510 g/mol. The first-order chi connectivity index (χ1) is 15.5. The van der Waals surface area contributed by atoms with E-state index in [4.69, 9.17) is 37.5 Å². The molecule has 0 unspecified atom stereocenters. The van der Waals surface area contributed by atoms with E-state index in [2.05, 4.69) is 9.97 Å². The number of fused-ring (bicyclic) bond motifs is 1. The van der Waals surface area contributed by atoms with Crippen molar-refractivity contribution in [2.24, 2.45) is 5.14 Å². The molecule has 0 aliphatic carbocycles. The van der Waals surface area contributed by atoms with Gasteiger partial charge in [0.2, 0.25) is 10.0 Å². The van der Waals surface area contributed by atoms with Crippen molar-refractivity contribution in [2.75, 3.05) is 0 Å². The monoisotopic (exact) mass is 509 g/mol. The molecule has 2 aromatic carbocycles. The maximum absolute atomic E-state index is 13.8. The van der Waals surface area contributed by atoms with E-state index < -0.39 is 26.4 Å². The number of primary sulfonamides is 1. The molecule has 0 aliphatic rings. The van der Waals surface area contributed by atoms with Gasteiger partial charge in [-0.05, 0) is 42.3 Å². The maximum Gasteiger partial charge on any atom is 0.340 e. The van der Waals surface area contributed by atoms with E-state index in [-0.39, 0.29) is 39.5 Å². The first kappa shape index (κ1) is 23.1. The minimum atomic E-state index is -4.27. The van der Waals surface area contributed by atoms with E-state index >= 15 is 0 Å². The Bertz CT molecular complexity index is 1570. The Kier molecular flexibility index (Phi) is 6.10. The number of ether oxygens (including phenoxy) is 1. The fourth-order valence-corrected chi connectivity index (χ4v) is 4.21. The Hall–Kier alpha value is -3.05. The van der Waals surface area contributed by atoms with E-state index in [1.807, 2.05) is 0 Å². The van der Waals surface area contributed by atoms with Crippen LogP contribution in [0, 0.1) is 12.7 Å². The third-order valence-corrected chi connectivity index (χ3v) is 6.26. The number of benzene rings is 2. The van der Waals surface area contributed by atoms with E-state index in [1.54, 1.807) is 13.0 Å². The molecule has 4 rings (SSSR count). The summed E-state index contributed by atoms with van der Waals surface area (Å²) in [5.74, 6) is -0.829. The molecule has 0 spiro atoms. The van der Waals surface area contributed by atoms with Gasteiger partial charge in [-0.15, -0.1) is 0 Å². The van der Waals surface area contributed by atoms with Crippen molar-refractivity contribution in [3.8, 4) is 11.8 Å². The first-order valence-electron chi connectivity index (χ1n) is 9.26. The molecule has 8 nitrogen and oxygen atoms in total. The van der Waals surface area contributed by atoms with Crippen molar-refractivity contribution >= 4 is 44.2 Å². The lowest BCUT2D eigenvalue weighted by Crippen LogP contribution is -2.15. The Morgan fingerprint density at radius 1 is 1.18 bits per heavy atom. The first-order valence-corrected chi connectivity index (χ1v) is 11.6. The van der Waals surface area contributed by atoms with Crippen molar-refractivity contribution in [3.05, 3.63) is 85.7 Å². The molecule has 0 fully saturated rings. The standard InChI is InChI=1S/C21H14Cl2FN3O5S/c1-10-12-8-14(22)17(32-21-26-5-4-19(23)27-21)9-16(12)31-20(28)13(10)6-11-2-3-15(24)18(7-11)33(25,29)30/h2-5,7-9H,6H2,1H3,(H2,25,29,30). The van der Waals surface area contributed by atoms with Crippen LogP contribution in [0.1, 0.15) is 16.7 Å². The fourth-order valence-electron chi connectivity index (χ4n) is 3.22. The van der Waals surface area contributed by atoms with Crippen LogP contribution in [0.25, 0.3) is 11.0 Å². The number of aryl methyl sites for hydroxylation is 1. The number of hydrogen-bond acceptors (Lipinski definition) is 7. The van der Waals surface area contributed by atoms with Crippen molar-refractivity contribution < 1.29 is 22.0 Å². The van der Waals surface area contributed by atoms with Crippen LogP contribution in [0.3, 0.4) is 0 Å². The van der Waals surface area contributed by atoms with Gasteiger partial charge in [0, 0.05) is 29.6 Å². The van der Waals surface area contributed by atoms with Gasteiger partial charge in [-0.3, -0.25) is 0 Å². The van der Waals surface area contributed by atoms with Crippen LogP contribution in [-0.4, -0.2) is 18.4 Å². The van der Waals surface area contributed by atoms with Crippen LogP contribution in [0.4, 0.5) is 4.39 Å². The third kappa shape index (κ3) is 4.83. The molecule has 2 heterocycles. The predicted molar refractivity (Wildman–Crippen MR) is 120 cm³/mol. The molecule has 0 saturated carbocycles. The van der Waals surface area contributed by atoms with Crippen molar-refractivity contribution in [1.82, 2.24) is 9.97 Å². The number of nitrogens with two attached hydrogens (primary N) is 1. The van der Waals surface area contributed by atoms with E-state index in [1.165, 1.54) is 24.4 Å². The van der Waals surface area contributed by atoms with Crippen molar-refractivity contribution in [2.45, 2.75) is 18.2 Å².